The summed E-state index contributed by atoms with van der Waals surface area (Å²) in [4.78, 5) is 15.8. The molecule has 3 N–H and O–H groups in total. The molecule has 5 heteroatoms. The molecule has 19 heavy (non-hydrogen) atoms. The fourth-order valence-corrected chi connectivity index (χ4v) is 2.23. The number of methoxy groups -OCH3 is 1. The first-order valence-corrected chi connectivity index (χ1v) is 6.56. The number of hydrogen-bond acceptors (Lipinski definition) is 5. The lowest BCUT2D eigenvalue weighted by Crippen LogP contribution is -2.21. The van der Waals surface area contributed by atoms with Gasteiger partial charge in [-0.15, -0.1) is 0 Å². The molecular weight excluding hydrogens is 242 g/mol. The van der Waals surface area contributed by atoms with Gasteiger partial charge in [0.05, 0.1) is 24.6 Å². The largest absolute Gasteiger partial charge is 0.465 e. The van der Waals surface area contributed by atoms with Crippen molar-refractivity contribution in [1.29, 1.82) is 0 Å². The van der Waals surface area contributed by atoms with Crippen molar-refractivity contribution in [3.8, 4) is 0 Å². The molecule has 0 aliphatic heterocycles. The van der Waals surface area contributed by atoms with E-state index in [0.717, 1.165) is 6.54 Å². The highest BCUT2D eigenvalue weighted by molar-refractivity contribution is 5.95. The molecule has 0 radical (unpaired) electrons. The second-order valence-electron chi connectivity index (χ2n) is 5.52. The highest BCUT2D eigenvalue weighted by Crippen LogP contribution is 2.51. The summed E-state index contributed by atoms with van der Waals surface area (Å²) in [6, 6.07) is 1.65. The van der Waals surface area contributed by atoms with Gasteiger partial charge in [0.1, 0.15) is 5.82 Å². The van der Waals surface area contributed by atoms with Gasteiger partial charge >= 0.3 is 5.97 Å². The number of carbonyl (C=O) groups is 1. The number of pyridine rings is 1. The number of carbonyl (C=O) groups excluding carboxylic acids is 1. The van der Waals surface area contributed by atoms with Crippen molar-refractivity contribution in [2.75, 3.05) is 24.7 Å². The van der Waals surface area contributed by atoms with Crippen LogP contribution in [-0.4, -0.2) is 24.6 Å². The van der Waals surface area contributed by atoms with Crippen molar-refractivity contribution in [2.24, 2.45) is 11.3 Å². The summed E-state index contributed by atoms with van der Waals surface area (Å²) in [6.45, 7) is 5.36. The fraction of sp³-hybridized carbons (Fsp3) is 0.571. The molecule has 1 aromatic rings. The smallest absolute Gasteiger partial charge is 0.340 e. The van der Waals surface area contributed by atoms with E-state index in [9.17, 15) is 4.79 Å². The number of hydrogen-bond donors (Lipinski definition) is 2. The van der Waals surface area contributed by atoms with Crippen LogP contribution in [0.2, 0.25) is 0 Å². The normalized spacial score (nSPS) is 16.2. The van der Waals surface area contributed by atoms with Crippen LogP contribution in [0.5, 0.6) is 0 Å². The lowest BCUT2D eigenvalue weighted by Gasteiger charge is -2.20. The number of esters is 1. The van der Waals surface area contributed by atoms with Crippen LogP contribution >= 0.6 is 0 Å². The minimum atomic E-state index is -0.437. The Morgan fingerprint density at radius 2 is 2.26 bits per heavy atom. The predicted octanol–water partition coefficient (Wildman–Crippen LogP) is 2.30. The molecule has 0 bridgehead atoms. The number of rotatable bonds is 5. The summed E-state index contributed by atoms with van der Waals surface area (Å²) in [7, 11) is 1.34. The van der Waals surface area contributed by atoms with Gasteiger partial charge in [0, 0.05) is 6.54 Å². The molecule has 1 fully saturated rings. The van der Waals surface area contributed by atoms with Crippen LogP contribution in [0.1, 0.15) is 37.0 Å². The maximum absolute atomic E-state index is 11.6. The lowest BCUT2D eigenvalue weighted by molar-refractivity contribution is 0.0602. The van der Waals surface area contributed by atoms with Crippen LogP contribution < -0.4 is 11.1 Å². The van der Waals surface area contributed by atoms with E-state index in [1.165, 1.54) is 26.1 Å². The van der Waals surface area contributed by atoms with E-state index in [0.29, 0.717) is 28.4 Å². The highest BCUT2D eigenvalue weighted by Gasteiger charge is 2.44. The van der Waals surface area contributed by atoms with Gasteiger partial charge in [-0.25, -0.2) is 9.78 Å². The van der Waals surface area contributed by atoms with E-state index in [1.807, 2.05) is 0 Å². The van der Waals surface area contributed by atoms with Crippen LogP contribution in [-0.2, 0) is 4.74 Å². The summed E-state index contributed by atoms with van der Waals surface area (Å²) >= 11 is 0. The van der Waals surface area contributed by atoms with Crippen LogP contribution in [0.25, 0.3) is 0 Å². The maximum Gasteiger partial charge on any atom is 0.340 e. The first-order chi connectivity index (χ1) is 8.98. The summed E-state index contributed by atoms with van der Waals surface area (Å²) in [5.74, 6) is 0.878. The summed E-state index contributed by atoms with van der Waals surface area (Å²) < 4.78 is 4.69. The third-order valence-electron chi connectivity index (χ3n) is 4.08. The van der Waals surface area contributed by atoms with E-state index < -0.39 is 5.97 Å². The Morgan fingerprint density at radius 1 is 1.58 bits per heavy atom. The quantitative estimate of drug-likeness (QED) is 0.797. The molecule has 1 heterocycles. The van der Waals surface area contributed by atoms with Crippen LogP contribution in [0.15, 0.2) is 12.3 Å². The van der Waals surface area contributed by atoms with Crippen molar-refractivity contribution < 1.29 is 9.53 Å². The van der Waals surface area contributed by atoms with Crippen molar-refractivity contribution in [2.45, 2.75) is 26.7 Å². The number of aromatic nitrogens is 1. The molecule has 5 nitrogen and oxygen atoms in total. The molecule has 0 spiro atoms. The number of nitrogens with zero attached hydrogens (tertiary/aromatic N) is 1. The van der Waals surface area contributed by atoms with Gasteiger partial charge in [-0.3, -0.25) is 0 Å². The molecule has 2 rings (SSSR count). The standard InChI is InChI=1S/C14H21N3O2/c1-9(2)14(4-5-14)8-17-12-6-10(13(18)19-3)11(15)7-16-12/h6-7,9H,4-5,8,15H2,1-3H3,(H,16,17). The van der Waals surface area contributed by atoms with Gasteiger partial charge in [-0.1, -0.05) is 13.8 Å². The average molecular weight is 263 g/mol. The van der Waals surface area contributed by atoms with E-state index >= 15 is 0 Å². The number of anilines is 2. The minimum absolute atomic E-state index is 0.336. The highest BCUT2D eigenvalue weighted by atomic mass is 16.5. The number of nitrogens with one attached hydrogen (secondary N) is 1. The molecule has 104 valence electrons. The van der Waals surface area contributed by atoms with Crippen molar-refractivity contribution in [3.63, 3.8) is 0 Å². The average Bonchev–Trinajstić information content (AvgIpc) is 3.18. The number of ether oxygens (including phenoxy) is 1. The molecule has 1 aromatic heterocycles. The monoisotopic (exact) mass is 263 g/mol. The first-order valence-electron chi connectivity index (χ1n) is 6.56. The van der Waals surface area contributed by atoms with Gasteiger partial charge in [0.25, 0.3) is 0 Å². The fourth-order valence-electron chi connectivity index (χ4n) is 2.23. The maximum atomic E-state index is 11.6. The Kier molecular flexibility index (Phi) is 3.64. The van der Waals surface area contributed by atoms with Gasteiger partial charge in [0.15, 0.2) is 0 Å². The van der Waals surface area contributed by atoms with Crippen molar-refractivity contribution >= 4 is 17.5 Å². The minimum Gasteiger partial charge on any atom is -0.465 e. The van der Waals surface area contributed by atoms with E-state index in [4.69, 9.17) is 10.5 Å². The zero-order valence-corrected chi connectivity index (χ0v) is 11.7. The number of nitrogen functional groups attached to an aromatic ring is 1. The predicted molar refractivity (Wildman–Crippen MR) is 75.0 cm³/mol. The molecule has 0 amide bonds. The third-order valence-corrected chi connectivity index (χ3v) is 4.08. The molecule has 1 saturated carbocycles. The summed E-state index contributed by atoms with van der Waals surface area (Å²) in [5.41, 5.74) is 6.79. The number of nitrogens with two attached hydrogens (primary N) is 1. The zero-order chi connectivity index (χ0) is 14.0. The summed E-state index contributed by atoms with van der Waals surface area (Å²) in [5, 5.41) is 3.30. The van der Waals surface area contributed by atoms with Gasteiger partial charge < -0.3 is 15.8 Å². The lowest BCUT2D eigenvalue weighted by atomic mass is 9.92. The van der Waals surface area contributed by atoms with Crippen LogP contribution in [0.3, 0.4) is 0 Å². The Morgan fingerprint density at radius 3 is 2.79 bits per heavy atom. The van der Waals surface area contributed by atoms with Crippen molar-refractivity contribution in [1.82, 2.24) is 4.98 Å². The van der Waals surface area contributed by atoms with E-state index in [-0.39, 0.29) is 0 Å². The molecule has 0 atom stereocenters. The van der Waals surface area contributed by atoms with Gasteiger partial charge in [-0.2, -0.15) is 0 Å². The second-order valence-corrected chi connectivity index (χ2v) is 5.52. The SMILES string of the molecule is COC(=O)c1cc(NCC2(C(C)C)CC2)ncc1N. The topological polar surface area (TPSA) is 77.2 Å². The molecular formula is C14H21N3O2. The Bertz CT molecular complexity index is 482. The zero-order valence-electron chi connectivity index (χ0n) is 11.7. The Labute approximate surface area is 113 Å². The van der Waals surface area contributed by atoms with Gasteiger partial charge in [-0.05, 0) is 30.2 Å². The van der Waals surface area contributed by atoms with Gasteiger partial charge in [0.2, 0.25) is 0 Å². The van der Waals surface area contributed by atoms with Crippen LogP contribution in [0, 0.1) is 11.3 Å². The molecule has 1 aliphatic rings. The Balaban J connectivity index is 2.07. The third kappa shape index (κ3) is 2.80. The second kappa shape index (κ2) is 5.07. The molecule has 0 saturated heterocycles. The van der Waals surface area contributed by atoms with E-state index in [1.54, 1.807) is 6.07 Å². The molecule has 0 aromatic carbocycles. The first kappa shape index (κ1) is 13.6. The summed E-state index contributed by atoms with van der Waals surface area (Å²) in [6.07, 6.45) is 3.98. The molecule has 1 aliphatic carbocycles. The van der Waals surface area contributed by atoms with Crippen LogP contribution in [0.4, 0.5) is 11.5 Å². The molecule has 0 unspecified atom stereocenters. The Hall–Kier alpha value is -1.78. The van der Waals surface area contributed by atoms with Crippen molar-refractivity contribution in [3.05, 3.63) is 17.8 Å². The van der Waals surface area contributed by atoms with E-state index in [2.05, 4.69) is 24.1 Å².